The summed E-state index contributed by atoms with van der Waals surface area (Å²) in [5, 5.41) is 16.1. The van der Waals surface area contributed by atoms with Gasteiger partial charge in [0.15, 0.2) is 0 Å². The molecule has 0 radical (unpaired) electrons. The molecule has 1 saturated carbocycles. The van der Waals surface area contributed by atoms with E-state index in [0.29, 0.717) is 29.3 Å². The van der Waals surface area contributed by atoms with E-state index in [1.165, 1.54) is 12.5 Å². The van der Waals surface area contributed by atoms with Gasteiger partial charge in [0.25, 0.3) is 0 Å². The lowest BCUT2D eigenvalue weighted by molar-refractivity contribution is 0.240. The largest absolute Gasteiger partial charge is 0.351 e. The zero-order valence-electron chi connectivity index (χ0n) is 25.4. The summed E-state index contributed by atoms with van der Waals surface area (Å²) in [6.45, 7) is 0.425. The van der Waals surface area contributed by atoms with Crippen LogP contribution in [0, 0.1) is 11.3 Å². The van der Waals surface area contributed by atoms with Crippen LogP contribution in [0.15, 0.2) is 103 Å². The van der Waals surface area contributed by atoms with Crippen molar-refractivity contribution in [2.75, 3.05) is 10.2 Å². The molecule has 1 fully saturated rings. The van der Waals surface area contributed by atoms with Crippen LogP contribution in [0.3, 0.4) is 0 Å². The molecule has 230 valence electrons. The molecule has 5 aromatic rings. The molecule has 0 unspecified atom stereocenters. The third-order valence-corrected chi connectivity index (χ3v) is 8.21. The number of hydrogen-bond donors (Lipinski definition) is 2. The molecule has 2 amide bonds. The van der Waals surface area contributed by atoms with E-state index in [-0.39, 0.29) is 23.7 Å². The number of urea groups is 1. The van der Waals surface area contributed by atoms with Crippen LogP contribution in [0.4, 0.5) is 16.4 Å². The molecular weight excluding hydrogens is 578 g/mol. The molecule has 46 heavy (non-hydrogen) atoms. The number of anilines is 2. The van der Waals surface area contributed by atoms with Crippen LogP contribution in [-0.4, -0.2) is 42.6 Å². The van der Waals surface area contributed by atoms with Crippen molar-refractivity contribution in [2.24, 2.45) is 7.05 Å². The topological polar surface area (TPSA) is 142 Å². The molecule has 11 nitrogen and oxygen atoms in total. The van der Waals surface area contributed by atoms with Gasteiger partial charge in [-0.1, -0.05) is 42.5 Å². The highest BCUT2D eigenvalue weighted by Gasteiger charge is 2.30. The molecule has 6 rings (SSSR count). The molecule has 3 heterocycles. The Morgan fingerprint density at radius 1 is 0.935 bits per heavy atom. The second-order valence-electron chi connectivity index (χ2n) is 11.3. The number of benzene rings is 2. The first-order valence-electron chi connectivity index (χ1n) is 15.2. The fourth-order valence-electron chi connectivity index (χ4n) is 5.77. The van der Waals surface area contributed by atoms with Gasteiger partial charge < -0.3 is 15.2 Å². The fraction of sp³-hybridized carbons (Fsp3) is 0.229. The molecule has 2 N–H and O–H groups in total. The van der Waals surface area contributed by atoms with E-state index >= 15 is 0 Å². The Balaban J connectivity index is 1.18. The minimum atomic E-state index is -0.153. The number of carbonyl (C=O) groups excluding carboxylic acids is 1. The van der Waals surface area contributed by atoms with Crippen LogP contribution in [-0.2, 0) is 13.6 Å². The number of pyridine rings is 1. The zero-order valence-corrected chi connectivity index (χ0v) is 25.4. The number of aromatic nitrogens is 5. The number of amides is 2. The van der Waals surface area contributed by atoms with Gasteiger partial charge in [-0.3, -0.25) is 9.69 Å². The predicted molar refractivity (Wildman–Crippen MR) is 176 cm³/mol. The maximum absolute atomic E-state index is 13.8. The average molecular weight is 612 g/mol. The average Bonchev–Trinajstić information content (AvgIpc) is 3.10. The number of rotatable bonds is 8. The van der Waals surface area contributed by atoms with Crippen LogP contribution in [0.2, 0.25) is 0 Å². The van der Waals surface area contributed by atoms with Crippen LogP contribution in [0.1, 0.15) is 36.8 Å². The Kier molecular flexibility index (Phi) is 9.06. The number of nitrogens with one attached hydrogen (secondary N) is 2. The van der Waals surface area contributed by atoms with Crippen LogP contribution in [0.25, 0.3) is 22.4 Å². The summed E-state index contributed by atoms with van der Waals surface area (Å²) in [6.07, 6.45) is 11.1. The van der Waals surface area contributed by atoms with Crippen molar-refractivity contribution in [3.05, 3.63) is 119 Å². The smallest absolute Gasteiger partial charge is 0.322 e. The van der Waals surface area contributed by atoms with E-state index in [9.17, 15) is 14.9 Å². The predicted octanol–water partition coefficient (Wildman–Crippen LogP) is 5.31. The number of nitrogens with zero attached hydrogens (tertiary/aromatic N) is 7. The van der Waals surface area contributed by atoms with Gasteiger partial charge in [-0.2, -0.15) is 5.26 Å². The summed E-state index contributed by atoms with van der Waals surface area (Å²) in [6, 6.07) is 23.2. The zero-order chi connectivity index (χ0) is 31.9. The number of aryl methyl sites for hydroxylation is 1. The lowest BCUT2D eigenvalue weighted by Gasteiger charge is -2.37. The van der Waals surface area contributed by atoms with E-state index in [1.807, 2.05) is 71.8 Å². The van der Waals surface area contributed by atoms with Crippen molar-refractivity contribution in [3.63, 3.8) is 0 Å². The molecular formula is C35H33N9O2. The van der Waals surface area contributed by atoms with E-state index < -0.39 is 0 Å². The number of hydrogen-bond acceptors (Lipinski definition) is 8. The van der Waals surface area contributed by atoms with Gasteiger partial charge >= 0.3 is 6.03 Å². The summed E-state index contributed by atoms with van der Waals surface area (Å²) < 4.78 is 1.55. The second-order valence-corrected chi connectivity index (χ2v) is 11.3. The maximum atomic E-state index is 13.8. The van der Waals surface area contributed by atoms with Gasteiger partial charge in [-0.05, 0) is 60.6 Å². The first-order chi connectivity index (χ1) is 22.5. The summed E-state index contributed by atoms with van der Waals surface area (Å²) in [5.41, 5.74) is 5.13. The fourth-order valence-corrected chi connectivity index (χ4v) is 5.77. The Hall–Kier alpha value is -5.89. The summed E-state index contributed by atoms with van der Waals surface area (Å²) >= 11 is 0. The van der Waals surface area contributed by atoms with E-state index in [2.05, 4.69) is 36.6 Å². The molecule has 0 spiro atoms. The first-order valence-corrected chi connectivity index (χ1v) is 15.2. The van der Waals surface area contributed by atoms with Crippen molar-refractivity contribution in [1.29, 1.82) is 5.26 Å². The number of nitriles is 1. The molecule has 1 aliphatic carbocycles. The molecule has 2 aromatic carbocycles. The number of carbonyl (C=O) groups is 1. The van der Waals surface area contributed by atoms with Crippen LogP contribution in [0.5, 0.6) is 0 Å². The highest BCUT2D eigenvalue weighted by atomic mass is 16.2. The summed E-state index contributed by atoms with van der Waals surface area (Å²) in [4.78, 5) is 44.6. The molecule has 1 aliphatic rings. The van der Waals surface area contributed by atoms with Crippen LogP contribution >= 0.6 is 0 Å². The Morgan fingerprint density at radius 3 is 2.35 bits per heavy atom. The Labute approximate surface area is 266 Å². The van der Waals surface area contributed by atoms with Crippen molar-refractivity contribution in [3.8, 4) is 28.5 Å². The Bertz CT molecular complexity index is 1900. The highest BCUT2D eigenvalue weighted by Crippen LogP contribution is 2.31. The summed E-state index contributed by atoms with van der Waals surface area (Å²) in [5.74, 6) is 0.438. The van der Waals surface area contributed by atoms with Gasteiger partial charge in [0, 0.05) is 61.6 Å². The lowest BCUT2D eigenvalue weighted by atomic mass is 9.90. The van der Waals surface area contributed by atoms with Crippen molar-refractivity contribution < 1.29 is 4.79 Å². The molecule has 0 aliphatic heterocycles. The quantitative estimate of drug-likeness (QED) is 0.240. The van der Waals surface area contributed by atoms with Crippen LogP contribution < -0.4 is 21.1 Å². The summed E-state index contributed by atoms with van der Waals surface area (Å²) in [7, 11) is 1.73. The third-order valence-electron chi connectivity index (χ3n) is 8.21. The van der Waals surface area contributed by atoms with Gasteiger partial charge in [0.2, 0.25) is 11.5 Å². The minimum absolute atomic E-state index is 0.0175. The first kappa shape index (κ1) is 30.1. The van der Waals surface area contributed by atoms with Crippen molar-refractivity contribution in [2.45, 2.75) is 44.3 Å². The standard InChI is InChI=1S/C35H33N9O2/c1-43-22-26(9-16-32(43)45)25-7-12-30(13-8-25)44(35(46)40-18-24-5-3-2-4-6-24)31-14-10-29(11-15-31)41-34-39-21-27(17-36)33(42-34)28-19-37-23-38-20-28/h2-9,12-13,16,19-23,29,31H,10-11,14-15,18H2,1H3,(H,40,46)(H,39,41,42)/t29-,31-. The van der Waals surface area contributed by atoms with Gasteiger partial charge in [0.1, 0.15) is 12.4 Å². The molecule has 0 atom stereocenters. The second kappa shape index (κ2) is 13.8. The van der Waals surface area contributed by atoms with E-state index in [4.69, 9.17) is 0 Å². The molecule has 3 aromatic heterocycles. The minimum Gasteiger partial charge on any atom is -0.351 e. The maximum Gasteiger partial charge on any atom is 0.322 e. The van der Waals surface area contributed by atoms with E-state index in [0.717, 1.165) is 48.1 Å². The SMILES string of the molecule is Cn1cc(-c2ccc(N(C(=O)NCc3ccccc3)[C@H]3CC[C@H](Nc4ncc(C#N)c(-c5cncnc5)n4)CC3)cc2)ccc1=O. The van der Waals surface area contributed by atoms with Crippen molar-refractivity contribution >= 4 is 17.7 Å². The Morgan fingerprint density at radius 2 is 1.65 bits per heavy atom. The monoisotopic (exact) mass is 611 g/mol. The van der Waals surface area contributed by atoms with Gasteiger partial charge in [-0.25, -0.2) is 24.7 Å². The third kappa shape index (κ3) is 6.92. The highest BCUT2D eigenvalue weighted by molar-refractivity contribution is 5.93. The van der Waals surface area contributed by atoms with Gasteiger partial charge in [-0.15, -0.1) is 0 Å². The van der Waals surface area contributed by atoms with Crippen molar-refractivity contribution in [1.82, 2.24) is 29.8 Å². The molecule has 0 saturated heterocycles. The normalized spacial score (nSPS) is 15.8. The molecule has 0 bridgehead atoms. The molecule has 11 heteroatoms. The van der Waals surface area contributed by atoms with Gasteiger partial charge in [0.05, 0.1) is 17.5 Å². The van der Waals surface area contributed by atoms with E-state index in [1.54, 1.807) is 30.1 Å². The lowest BCUT2D eigenvalue weighted by Crippen LogP contribution is -2.48.